The van der Waals surface area contributed by atoms with Gasteiger partial charge >= 0.3 is 0 Å². The van der Waals surface area contributed by atoms with Gasteiger partial charge in [0, 0.05) is 22.2 Å². The third-order valence-corrected chi connectivity index (χ3v) is 5.16. The molecule has 29 heavy (non-hydrogen) atoms. The van der Waals surface area contributed by atoms with Crippen LogP contribution in [0.25, 0.3) is 11.0 Å². The second-order valence-electron chi connectivity index (χ2n) is 6.90. The maximum Gasteiger partial charge on any atom is 0.257 e. The van der Waals surface area contributed by atoms with Crippen LogP contribution in [0, 0.1) is 13.8 Å². The largest absolute Gasteiger partial charge is 0.452 e. The molecule has 0 atom stereocenters. The second kappa shape index (κ2) is 7.57. The molecular weight excluding hydrogens is 386 g/mol. The molecule has 1 N–H and O–H groups in total. The van der Waals surface area contributed by atoms with Crippen molar-refractivity contribution in [2.75, 3.05) is 5.32 Å². The summed E-state index contributed by atoms with van der Waals surface area (Å²) in [6.45, 7) is 3.81. The van der Waals surface area contributed by atoms with Crippen LogP contribution in [0.5, 0.6) is 0 Å². The Labute approximate surface area is 173 Å². The number of fused-ring (bicyclic) bond motifs is 1. The number of carbonyl (C=O) groups is 2. The minimum atomic E-state index is -0.299. The average molecular weight is 404 g/mol. The zero-order valence-electron chi connectivity index (χ0n) is 16.0. The number of aryl methyl sites for hydroxylation is 2. The Morgan fingerprint density at radius 1 is 0.931 bits per heavy atom. The summed E-state index contributed by atoms with van der Waals surface area (Å²) in [6.07, 6.45) is 0. The summed E-state index contributed by atoms with van der Waals surface area (Å²) in [5.41, 5.74) is 3.98. The number of nitrogens with one attached hydrogen (secondary N) is 1. The molecule has 144 valence electrons. The fraction of sp³-hybridized carbons (Fsp3) is 0.0833. The smallest absolute Gasteiger partial charge is 0.257 e. The van der Waals surface area contributed by atoms with Gasteiger partial charge in [-0.3, -0.25) is 9.59 Å². The van der Waals surface area contributed by atoms with Crippen LogP contribution < -0.4 is 5.32 Å². The van der Waals surface area contributed by atoms with E-state index in [1.807, 2.05) is 26.0 Å². The molecule has 0 aliphatic heterocycles. The number of furan rings is 1. The fourth-order valence-corrected chi connectivity index (χ4v) is 3.42. The average Bonchev–Trinajstić information content (AvgIpc) is 3.04. The lowest BCUT2D eigenvalue weighted by atomic mass is 10.0. The third kappa shape index (κ3) is 3.67. The van der Waals surface area contributed by atoms with Gasteiger partial charge in [-0.2, -0.15) is 0 Å². The quantitative estimate of drug-likeness (QED) is 0.413. The van der Waals surface area contributed by atoms with Gasteiger partial charge in [0.2, 0.25) is 5.78 Å². The maximum atomic E-state index is 12.9. The number of halogens is 1. The van der Waals surface area contributed by atoms with Gasteiger partial charge in [-0.15, -0.1) is 0 Å². The summed E-state index contributed by atoms with van der Waals surface area (Å²) in [6, 6.07) is 19.5. The number of rotatable bonds is 4. The molecule has 5 heteroatoms. The second-order valence-corrected chi connectivity index (χ2v) is 7.30. The Kier molecular flexibility index (Phi) is 4.95. The van der Waals surface area contributed by atoms with Crippen molar-refractivity contribution in [2.24, 2.45) is 0 Å². The lowest BCUT2D eigenvalue weighted by molar-refractivity contribution is 0.101. The van der Waals surface area contributed by atoms with Crippen molar-refractivity contribution in [1.82, 2.24) is 0 Å². The molecule has 0 aliphatic rings. The first-order valence-electron chi connectivity index (χ1n) is 9.14. The van der Waals surface area contributed by atoms with Crippen molar-refractivity contribution >= 4 is 39.9 Å². The van der Waals surface area contributed by atoms with Gasteiger partial charge in [0.25, 0.3) is 5.91 Å². The van der Waals surface area contributed by atoms with Crippen LogP contribution >= 0.6 is 11.6 Å². The van der Waals surface area contributed by atoms with Crippen molar-refractivity contribution in [3.63, 3.8) is 0 Å². The molecule has 4 aromatic rings. The lowest BCUT2D eigenvalue weighted by Crippen LogP contribution is -2.12. The van der Waals surface area contributed by atoms with Crippen molar-refractivity contribution < 1.29 is 14.0 Å². The van der Waals surface area contributed by atoms with Gasteiger partial charge in [0.1, 0.15) is 5.58 Å². The van der Waals surface area contributed by atoms with Crippen LogP contribution in [-0.4, -0.2) is 11.7 Å². The Morgan fingerprint density at radius 2 is 1.66 bits per heavy atom. The van der Waals surface area contributed by atoms with E-state index < -0.39 is 0 Å². The highest BCUT2D eigenvalue weighted by molar-refractivity contribution is 6.34. The number of amides is 1. The first kappa shape index (κ1) is 19.0. The molecular formula is C24H18ClNO3. The minimum absolute atomic E-state index is 0.166. The molecule has 3 aromatic carbocycles. The van der Waals surface area contributed by atoms with Gasteiger partial charge in [0.15, 0.2) is 5.76 Å². The Bertz CT molecular complexity index is 1240. The summed E-state index contributed by atoms with van der Waals surface area (Å²) in [4.78, 5) is 25.4. The van der Waals surface area contributed by atoms with E-state index in [0.29, 0.717) is 33.2 Å². The van der Waals surface area contributed by atoms with E-state index in [-0.39, 0.29) is 11.7 Å². The summed E-state index contributed by atoms with van der Waals surface area (Å²) < 4.78 is 5.83. The molecule has 0 spiro atoms. The number of ketones is 1. The maximum absolute atomic E-state index is 12.9. The van der Waals surface area contributed by atoms with Crippen molar-refractivity contribution in [3.8, 4) is 0 Å². The number of hydrogen-bond donors (Lipinski definition) is 1. The highest BCUT2D eigenvalue weighted by Crippen LogP contribution is 2.30. The third-order valence-electron chi connectivity index (χ3n) is 4.83. The van der Waals surface area contributed by atoms with Crippen LogP contribution in [0.1, 0.15) is 37.6 Å². The van der Waals surface area contributed by atoms with Crippen LogP contribution in [-0.2, 0) is 0 Å². The number of anilines is 1. The van der Waals surface area contributed by atoms with E-state index in [1.165, 1.54) is 0 Å². The molecule has 0 fully saturated rings. The van der Waals surface area contributed by atoms with Gasteiger partial charge in [-0.1, -0.05) is 53.6 Å². The standard InChI is InChI=1S/C24H18ClNO3/c1-14-7-9-16(10-8-14)22(27)23-15(2)19-13-17(11-12-21(19)29-23)26-24(28)18-5-3-4-6-20(18)25/h3-13H,1-2H3,(H,26,28). The van der Waals surface area contributed by atoms with Gasteiger partial charge in [0.05, 0.1) is 10.6 Å². The van der Waals surface area contributed by atoms with E-state index in [9.17, 15) is 9.59 Å². The molecule has 0 aliphatic carbocycles. The molecule has 4 rings (SSSR count). The predicted molar refractivity (Wildman–Crippen MR) is 115 cm³/mol. The monoisotopic (exact) mass is 403 g/mol. The number of benzene rings is 3. The van der Waals surface area contributed by atoms with E-state index in [1.54, 1.807) is 54.6 Å². The van der Waals surface area contributed by atoms with Gasteiger partial charge in [-0.25, -0.2) is 0 Å². The van der Waals surface area contributed by atoms with Crippen LogP contribution in [0.4, 0.5) is 5.69 Å². The molecule has 0 saturated heterocycles. The number of carbonyl (C=O) groups excluding carboxylic acids is 2. The topological polar surface area (TPSA) is 59.3 Å². The molecule has 0 saturated carbocycles. The van der Waals surface area contributed by atoms with Gasteiger partial charge < -0.3 is 9.73 Å². The molecule has 4 nitrogen and oxygen atoms in total. The van der Waals surface area contributed by atoms with Crippen molar-refractivity contribution in [3.05, 3.63) is 99.8 Å². The highest BCUT2D eigenvalue weighted by Gasteiger charge is 2.20. The Balaban J connectivity index is 1.65. The molecule has 1 amide bonds. The SMILES string of the molecule is Cc1ccc(C(=O)c2oc3ccc(NC(=O)c4ccccc4Cl)cc3c2C)cc1. The highest BCUT2D eigenvalue weighted by atomic mass is 35.5. The van der Waals surface area contributed by atoms with Crippen molar-refractivity contribution in [1.29, 1.82) is 0 Å². The zero-order valence-corrected chi connectivity index (χ0v) is 16.7. The summed E-state index contributed by atoms with van der Waals surface area (Å²) in [5.74, 6) is -0.161. The van der Waals surface area contributed by atoms with Crippen LogP contribution in [0.15, 0.2) is 71.1 Å². The lowest BCUT2D eigenvalue weighted by Gasteiger charge is -2.06. The van der Waals surface area contributed by atoms with E-state index >= 15 is 0 Å². The Hall–Kier alpha value is -3.37. The molecule has 0 bridgehead atoms. The first-order valence-corrected chi connectivity index (χ1v) is 9.52. The molecule has 0 radical (unpaired) electrons. The molecule has 0 unspecified atom stereocenters. The normalized spacial score (nSPS) is 10.9. The molecule has 1 heterocycles. The van der Waals surface area contributed by atoms with E-state index in [2.05, 4.69) is 5.32 Å². The number of hydrogen-bond acceptors (Lipinski definition) is 3. The predicted octanol–water partition coefficient (Wildman–Crippen LogP) is 6.19. The van der Waals surface area contributed by atoms with Crippen LogP contribution in [0.2, 0.25) is 5.02 Å². The summed E-state index contributed by atoms with van der Waals surface area (Å²) in [7, 11) is 0. The van der Waals surface area contributed by atoms with Crippen LogP contribution in [0.3, 0.4) is 0 Å². The van der Waals surface area contributed by atoms with Crippen molar-refractivity contribution in [2.45, 2.75) is 13.8 Å². The fourth-order valence-electron chi connectivity index (χ4n) is 3.20. The van der Waals surface area contributed by atoms with E-state index in [4.69, 9.17) is 16.0 Å². The Morgan fingerprint density at radius 3 is 2.38 bits per heavy atom. The van der Waals surface area contributed by atoms with E-state index in [0.717, 1.165) is 16.5 Å². The summed E-state index contributed by atoms with van der Waals surface area (Å²) >= 11 is 6.10. The molecule has 1 aromatic heterocycles. The summed E-state index contributed by atoms with van der Waals surface area (Å²) in [5, 5.41) is 4.01. The zero-order chi connectivity index (χ0) is 20.5. The minimum Gasteiger partial charge on any atom is -0.452 e. The van der Waals surface area contributed by atoms with Gasteiger partial charge in [-0.05, 0) is 44.2 Å². The first-order chi connectivity index (χ1) is 13.9.